The van der Waals surface area contributed by atoms with Gasteiger partial charge >= 0.3 is 0 Å². The highest BCUT2D eigenvalue weighted by atomic mass is 32.2. The maximum absolute atomic E-state index is 11.1. The molecule has 0 aliphatic carbocycles. The van der Waals surface area contributed by atoms with E-state index in [0.29, 0.717) is 12.2 Å². The summed E-state index contributed by atoms with van der Waals surface area (Å²) in [6.07, 6.45) is 0. The Morgan fingerprint density at radius 2 is 1.90 bits per heavy atom. The molecular weight excluding hydrogens is 284 g/mol. The van der Waals surface area contributed by atoms with Crippen LogP contribution in [0.1, 0.15) is 18.1 Å². The normalized spacial score (nSPS) is 10.4. The molecular formula is C16H18N2O2S. The molecule has 0 aliphatic rings. The number of nitrogens with one attached hydrogen (secondary N) is 1. The second-order valence-corrected chi connectivity index (χ2v) is 5.79. The Hall–Kier alpha value is -2.01. The molecule has 0 fully saturated rings. The van der Waals surface area contributed by atoms with E-state index < -0.39 is 0 Å². The maximum atomic E-state index is 11.1. The highest BCUT2D eigenvalue weighted by molar-refractivity contribution is 7.98. The van der Waals surface area contributed by atoms with E-state index in [1.54, 1.807) is 23.9 Å². The van der Waals surface area contributed by atoms with E-state index in [-0.39, 0.29) is 10.6 Å². The number of benzene rings is 2. The van der Waals surface area contributed by atoms with Crippen LogP contribution in [0.3, 0.4) is 0 Å². The monoisotopic (exact) mass is 302 g/mol. The zero-order valence-corrected chi connectivity index (χ0v) is 12.9. The van der Waals surface area contributed by atoms with E-state index in [9.17, 15) is 10.1 Å². The first-order valence-corrected chi connectivity index (χ1v) is 7.79. The Balaban J connectivity index is 2.11. The third kappa shape index (κ3) is 4.23. The first-order valence-electron chi connectivity index (χ1n) is 6.81. The van der Waals surface area contributed by atoms with Crippen molar-refractivity contribution in [1.29, 1.82) is 0 Å². The standard InChI is InChI=1S/C16H18N2O2S/c1-3-17-15-9-6-13(10-16(15)18(19)20)11-21-14-7-4-12(2)5-8-14/h4-10,17H,3,11H2,1-2H3. The number of nitro groups is 1. The molecule has 2 rings (SSSR count). The molecule has 5 heteroatoms. The van der Waals surface area contributed by atoms with Gasteiger partial charge in [0, 0.05) is 23.3 Å². The van der Waals surface area contributed by atoms with Gasteiger partial charge in [0.1, 0.15) is 5.69 Å². The van der Waals surface area contributed by atoms with Crippen molar-refractivity contribution in [3.05, 3.63) is 63.7 Å². The highest BCUT2D eigenvalue weighted by Crippen LogP contribution is 2.29. The van der Waals surface area contributed by atoms with Crippen LogP contribution in [-0.4, -0.2) is 11.5 Å². The van der Waals surface area contributed by atoms with E-state index in [1.165, 1.54) is 10.5 Å². The van der Waals surface area contributed by atoms with Crippen LogP contribution in [0.25, 0.3) is 0 Å². The van der Waals surface area contributed by atoms with Gasteiger partial charge in [-0.3, -0.25) is 10.1 Å². The first kappa shape index (κ1) is 15.4. The van der Waals surface area contributed by atoms with Crippen molar-refractivity contribution in [2.24, 2.45) is 0 Å². The van der Waals surface area contributed by atoms with Crippen LogP contribution in [0.4, 0.5) is 11.4 Å². The van der Waals surface area contributed by atoms with E-state index in [2.05, 4.69) is 36.5 Å². The lowest BCUT2D eigenvalue weighted by atomic mass is 10.2. The molecule has 0 spiro atoms. The third-order valence-electron chi connectivity index (χ3n) is 3.05. The van der Waals surface area contributed by atoms with Gasteiger partial charge in [0.2, 0.25) is 0 Å². The lowest BCUT2D eigenvalue weighted by Gasteiger charge is -2.07. The van der Waals surface area contributed by atoms with Crippen LogP contribution in [0.15, 0.2) is 47.4 Å². The smallest absolute Gasteiger partial charge is 0.292 e. The van der Waals surface area contributed by atoms with Gasteiger partial charge in [0.25, 0.3) is 5.69 Å². The van der Waals surface area contributed by atoms with Gasteiger partial charge in [0.05, 0.1) is 4.92 Å². The minimum atomic E-state index is -0.335. The van der Waals surface area contributed by atoms with Crippen LogP contribution < -0.4 is 5.32 Å². The fraction of sp³-hybridized carbons (Fsp3) is 0.250. The molecule has 1 N–H and O–H groups in total. The molecule has 2 aromatic carbocycles. The van der Waals surface area contributed by atoms with Crippen molar-refractivity contribution in [2.45, 2.75) is 24.5 Å². The summed E-state index contributed by atoms with van der Waals surface area (Å²) >= 11 is 1.68. The Kier molecular flexibility index (Phi) is 5.22. The molecule has 0 aliphatic heterocycles. The number of hydrogen-bond donors (Lipinski definition) is 1. The van der Waals surface area contributed by atoms with Gasteiger partial charge < -0.3 is 5.32 Å². The predicted octanol–water partition coefficient (Wildman–Crippen LogP) is 4.63. The molecule has 0 radical (unpaired) electrons. The Labute approximate surface area is 128 Å². The largest absolute Gasteiger partial charge is 0.380 e. The fourth-order valence-electron chi connectivity index (χ4n) is 1.96. The van der Waals surface area contributed by atoms with Crippen molar-refractivity contribution in [2.75, 3.05) is 11.9 Å². The van der Waals surface area contributed by atoms with E-state index >= 15 is 0 Å². The van der Waals surface area contributed by atoms with Crippen LogP contribution in [-0.2, 0) is 5.75 Å². The minimum absolute atomic E-state index is 0.138. The second kappa shape index (κ2) is 7.13. The number of nitrogens with zero attached hydrogens (tertiary/aromatic N) is 1. The lowest BCUT2D eigenvalue weighted by Crippen LogP contribution is -2.01. The lowest BCUT2D eigenvalue weighted by molar-refractivity contribution is -0.384. The summed E-state index contributed by atoms with van der Waals surface area (Å²) < 4.78 is 0. The topological polar surface area (TPSA) is 55.2 Å². The number of rotatable bonds is 6. The average Bonchev–Trinajstić information content (AvgIpc) is 2.48. The first-order chi connectivity index (χ1) is 10.1. The summed E-state index contributed by atoms with van der Waals surface area (Å²) in [4.78, 5) is 11.9. The van der Waals surface area contributed by atoms with Crippen LogP contribution >= 0.6 is 11.8 Å². The van der Waals surface area contributed by atoms with Gasteiger partial charge in [-0.1, -0.05) is 23.8 Å². The molecule has 0 heterocycles. The Morgan fingerprint density at radius 3 is 2.52 bits per heavy atom. The van der Waals surface area contributed by atoms with Gasteiger partial charge in [-0.2, -0.15) is 0 Å². The van der Waals surface area contributed by atoms with Gasteiger partial charge in [-0.25, -0.2) is 0 Å². The number of anilines is 1. The summed E-state index contributed by atoms with van der Waals surface area (Å²) in [6.45, 7) is 4.64. The number of hydrogen-bond acceptors (Lipinski definition) is 4. The van der Waals surface area contributed by atoms with Crippen molar-refractivity contribution in [3.8, 4) is 0 Å². The van der Waals surface area contributed by atoms with Crippen LogP contribution in [0.2, 0.25) is 0 Å². The summed E-state index contributed by atoms with van der Waals surface area (Å²) in [6, 6.07) is 13.7. The van der Waals surface area contributed by atoms with Crippen LogP contribution in [0, 0.1) is 17.0 Å². The molecule has 4 nitrogen and oxygen atoms in total. The van der Waals surface area contributed by atoms with Gasteiger partial charge in [-0.05, 0) is 37.6 Å². The molecule has 0 unspecified atom stereocenters. The Morgan fingerprint density at radius 1 is 1.19 bits per heavy atom. The number of aryl methyl sites for hydroxylation is 1. The fourth-order valence-corrected chi connectivity index (χ4v) is 2.80. The van der Waals surface area contributed by atoms with Gasteiger partial charge in [-0.15, -0.1) is 11.8 Å². The van der Waals surface area contributed by atoms with Crippen molar-refractivity contribution in [1.82, 2.24) is 0 Å². The number of thioether (sulfide) groups is 1. The molecule has 21 heavy (non-hydrogen) atoms. The van der Waals surface area contributed by atoms with E-state index in [0.717, 1.165) is 11.3 Å². The third-order valence-corrected chi connectivity index (χ3v) is 4.14. The highest BCUT2D eigenvalue weighted by Gasteiger charge is 2.13. The molecule has 0 aromatic heterocycles. The molecule has 0 bridgehead atoms. The SMILES string of the molecule is CCNc1ccc(CSc2ccc(C)cc2)cc1[N+](=O)[O-]. The molecule has 2 aromatic rings. The van der Waals surface area contributed by atoms with Crippen molar-refractivity contribution < 1.29 is 4.92 Å². The summed E-state index contributed by atoms with van der Waals surface area (Å²) in [7, 11) is 0. The van der Waals surface area contributed by atoms with Crippen LogP contribution in [0.5, 0.6) is 0 Å². The summed E-state index contributed by atoms with van der Waals surface area (Å²) in [5.41, 5.74) is 2.89. The average molecular weight is 302 g/mol. The van der Waals surface area contributed by atoms with E-state index in [1.807, 2.05) is 13.0 Å². The quantitative estimate of drug-likeness (QED) is 0.480. The van der Waals surface area contributed by atoms with Gasteiger partial charge in [0.15, 0.2) is 0 Å². The second-order valence-electron chi connectivity index (χ2n) is 4.74. The van der Waals surface area contributed by atoms with Crippen molar-refractivity contribution in [3.63, 3.8) is 0 Å². The summed E-state index contributed by atoms with van der Waals surface area (Å²) in [5.74, 6) is 0.719. The maximum Gasteiger partial charge on any atom is 0.292 e. The molecule has 0 saturated carbocycles. The Bertz CT molecular complexity index is 627. The molecule has 0 atom stereocenters. The minimum Gasteiger partial charge on any atom is -0.380 e. The number of nitro benzene ring substituents is 1. The molecule has 0 amide bonds. The van der Waals surface area contributed by atoms with E-state index in [4.69, 9.17) is 0 Å². The summed E-state index contributed by atoms with van der Waals surface area (Å²) in [5, 5.41) is 14.1. The zero-order chi connectivity index (χ0) is 15.2. The van der Waals surface area contributed by atoms with Crippen molar-refractivity contribution >= 4 is 23.1 Å². The molecule has 110 valence electrons. The zero-order valence-electron chi connectivity index (χ0n) is 12.1. The predicted molar refractivity (Wildman–Crippen MR) is 88.0 cm³/mol. The molecule has 0 saturated heterocycles.